The maximum atomic E-state index is 13.7. The van der Waals surface area contributed by atoms with Gasteiger partial charge in [-0.1, -0.05) is 6.07 Å². The van der Waals surface area contributed by atoms with E-state index in [-0.39, 0.29) is 24.6 Å². The molecule has 0 unspecified atom stereocenters. The van der Waals surface area contributed by atoms with Gasteiger partial charge < -0.3 is 25.8 Å². The Kier molecular flexibility index (Phi) is 7.85. The lowest BCUT2D eigenvalue weighted by Crippen LogP contribution is -2.52. The van der Waals surface area contributed by atoms with Crippen molar-refractivity contribution in [3.63, 3.8) is 0 Å². The van der Waals surface area contributed by atoms with Gasteiger partial charge in [-0.3, -0.25) is 9.78 Å². The van der Waals surface area contributed by atoms with Crippen LogP contribution in [0.4, 0.5) is 19.3 Å². The standard InChI is InChI=1S/C21H24F2N4O4/c22-13-4-6-16(23)18(9-13)27-21(30)26-17-7-5-15(31-19(17)12-28)10-20(29)25-11-14-3-1-2-8-24-14/h1-4,6,8-9,15,17,19,28H,5,7,10-12H2,(H,25,29)(H2,26,27,30)/t15-,17-,19+/m0/s1. The van der Waals surface area contributed by atoms with Gasteiger partial charge in [-0.05, 0) is 37.1 Å². The summed E-state index contributed by atoms with van der Waals surface area (Å²) >= 11 is 0. The molecular weight excluding hydrogens is 410 g/mol. The van der Waals surface area contributed by atoms with E-state index in [0.29, 0.717) is 19.4 Å². The second-order valence-electron chi connectivity index (χ2n) is 7.19. The Hall–Kier alpha value is -3.11. The van der Waals surface area contributed by atoms with Crippen LogP contribution >= 0.6 is 0 Å². The minimum absolute atomic E-state index is 0.108. The number of hydrogen-bond donors (Lipinski definition) is 4. The van der Waals surface area contributed by atoms with E-state index in [1.54, 1.807) is 18.3 Å². The highest BCUT2D eigenvalue weighted by Crippen LogP contribution is 2.22. The third-order valence-corrected chi connectivity index (χ3v) is 4.89. The van der Waals surface area contributed by atoms with Crippen molar-refractivity contribution in [3.8, 4) is 0 Å². The number of carbonyl (C=O) groups is 2. The number of rotatable bonds is 7. The molecule has 1 saturated heterocycles. The van der Waals surface area contributed by atoms with Crippen LogP contribution in [0.5, 0.6) is 0 Å². The zero-order chi connectivity index (χ0) is 22.2. The van der Waals surface area contributed by atoms with E-state index in [1.165, 1.54) is 0 Å². The summed E-state index contributed by atoms with van der Waals surface area (Å²) in [5.74, 6) is -1.67. The fourth-order valence-corrected chi connectivity index (χ4v) is 3.34. The number of amides is 3. The molecule has 31 heavy (non-hydrogen) atoms. The van der Waals surface area contributed by atoms with Crippen molar-refractivity contribution in [1.29, 1.82) is 0 Å². The normalized spacial score (nSPS) is 20.7. The third-order valence-electron chi connectivity index (χ3n) is 4.89. The number of anilines is 1. The van der Waals surface area contributed by atoms with E-state index in [0.717, 1.165) is 23.9 Å². The molecule has 0 saturated carbocycles. The summed E-state index contributed by atoms with van der Waals surface area (Å²) in [5.41, 5.74) is 0.441. The molecule has 1 aliphatic heterocycles. The molecule has 3 rings (SSSR count). The highest BCUT2D eigenvalue weighted by Gasteiger charge is 2.33. The first kappa shape index (κ1) is 22.6. The van der Waals surface area contributed by atoms with Crippen molar-refractivity contribution in [2.45, 2.75) is 44.1 Å². The van der Waals surface area contributed by atoms with Gasteiger partial charge in [0.2, 0.25) is 5.91 Å². The topological polar surface area (TPSA) is 113 Å². The molecule has 2 heterocycles. The predicted molar refractivity (Wildman–Crippen MR) is 108 cm³/mol. The van der Waals surface area contributed by atoms with Gasteiger partial charge in [0.25, 0.3) is 0 Å². The van der Waals surface area contributed by atoms with Gasteiger partial charge in [-0.25, -0.2) is 13.6 Å². The first-order chi connectivity index (χ1) is 14.9. The Morgan fingerprint density at radius 3 is 2.77 bits per heavy atom. The number of nitrogens with one attached hydrogen (secondary N) is 3. The maximum absolute atomic E-state index is 13.7. The lowest BCUT2D eigenvalue weighted by molar-refractivity contribution is -0.130. The number of aliphatic hydroxyl groups is 1. The number of ether oxygens (including phenoxy) is 1. The van der Waals surface area contributed by atoms with E-state index >= 15 is 0 Å². The molecule has 8 nitrogen and oxygen atoms in total. The van der Waals surface area contributed by atoms with Crippen molar-refractivity contribution in [2.75, 3.05) is 11.9 Å². The first-order valence-corrected chi connectivity index (χ1v) is 9.90. The minimum atomic E-state index is -0.771. The zero-order valence-corrected chi connectivity index (χ0v) is 16.7. The van der Waals surface area contributed by atoms with Crippen LogP contribution in [0.1, 0.15) is 25.0 Å². The van der Waals surface area contributed by atoms with Crippen molar-refractivity contribution in [3.05, 3.63) is 59.9 Å². The average Bonchev–Trinajstić information content (AvgIpc) is 2.76. The Labute approximate surface area is 178 Å². The lowest BCUT2D eigenvalue weighted by atomic mass is 9.97. The molecule has 0 bridgehead atoms. The van der Waals surface area contributed by atoms with Crippen molar-refractivity contribution >= 4 is 17.6 Å². The van der Waals surface area contributed by atoms with Crippen molar-refractivity contribution in [1.82, 2.24) is 15.6 Å². The minimum Gasteiger partial charge on any atom is -0.394 e. The molecule has 166 valence electrons. The Bertz CT molecular complexity index is 900. The molecule has 0 aliphatic carbocycles. The van der Waals surface area contributed by atoms with Crippen molar-refractivity contribution < 1.29 is 28.2 Å². The largest absolute Gasteiger partial charge is 0.394 e. The molecule has 1 aliphatic rings. The Balaban J connectivity index is 1.46. The van der Waals surface area contributed by atoms with Crippen LogP contribution in [-0.2, 0) is 16.1 Å². The fraction of sp³-hybridized carbons (Fsp3) is 0.381. The van der Waals surface area contributed by atoms with Gasteiger partial charge in [-0.15, -0.1) is 0 Å². The van der Waals surface area contributed by atoms with E-state index in [4.69, 9.17) is 4.74 Å². The summed E-state index contributed by atoms with van der Waals surface area (Å²) in [7, 11) is 0. The second kappa shape index (κ2) is 10.8. The maximum Gasteiger partial charge on any atom is 0.319 e. The van der Waals surface area contributed by atoms with Crippen LogP contribution in [-0.4, -0.2) is 46.9 Å². The molecule has 4 N–H and O–H groups in total. The monoisotopic (exact) mass is 434 g/mol. The third kappa shape index (κ3) is 6.69. The number of carbonyl (C=O) groups excluding carboxylic acids is 2. The first-order valence-electron chi connectivity index (χ1n) is 9.90. The van der Waals surface area contributed by atoms with Crippen LogP contribution in [0.3, 0.4) is 0 Å². The van der Waals surface area contributed by atoms with Crippen molar-refractivity contribution in [2.24, 2.45) is 0 Å². The summed E-state index contributed by atoms with van der Waals surface area (Å²) in [6, 6.07) is 6.85. The van der Waals surface area contributed by atoms with Gasteiger partial charge in [0.15, 0.2) is 0 Å². The smallest absolute Gasteiger partial charge is 0.319 e. The quantitative estimate of drug-likeness (QED) is 0.533. The van der Waals surface area contributed by atoms with Crippen LogP contribution in [0.25, 0.3) is 0 Å². The summed E-state index contributed by atoms with van der Waals surface area (Å²) in [6.45, 7) is -0.0673. The summed E-state index contributed by atoms with van der Waals surface area (Å²) < 4.78 is 32.7. The number of nitrogens with zero attached hydrogens (tertiary/aromatic N) is 1. The number of benzene rings is 1. The van der Waals surface area contributed by atoms with Crippen LogP contribution in [0.2, 0.25) is 0 Å². The number of halogens is 2. The SMILES string of the molecule is O=C(C[C@@H]1CC[C@H](NC(=O)Nc2cc(F)ccc2F)[C@@H](CO)O1)NCc1ccccn1. The summed E-state index contributed by atoms with van der Waals surface area (Å²) in [6.07, 6.45) is 1.53. The number of urea groups is 1. The summed E-state index contributed by atoms with van der Waals surface area (Å²) in [4.78, 5) is 28.5. The number of aliphatic hydroxyl groups excluding tert-OH is 1. The second-order valence-corrected chi connectivity index (χ2v) is 7.19. The van der Waals surface area contributed by atoms with E-state index < -0.39 is 35.9 Å². The van der Waals surface area contributed by atoms with Gasteiger partial charge in [0.1, 0.15) is 17.7 Å². The molecule has 0 spiro atoms. The average molecular weight is 434 g/mol. The van der Waals surface area contributed by atoms with Crippen LogP contribution in [0, 0.1) is 11.6 Å². The fourth-order valence-electron chi connectivity index (χ4n) is 3.34. The van der Waals surface area contributed by atoms with Gasteiger partial charge in [0, 0.05) is 12.3 Å². The summed E-state index contributed by atoms with van der Waals surface area (Å²) in [5, 5.41) is 17.3. The van der Waals surface area contributed by atoms with Gasteiger partial charge >= 0.3 is 6.03 Å². The molecular formula is C21H24F2N4O4. The highest BCUT2D eigenvalue weighted by molar-refractivity contribution is 5.89. The van der Waals surface area contributed by atoms with Crippen LogP contribution < -0.4 is 16.0 Å². The van der Waals surface area contributed by atoms with E-state index in [1.807, 2.05) is 6.07 Å². The highest BCUT2D eigenvalue weighted by atomic mass is 19.1. The van der Waals surface area contributed by atoms with Gasteiger partial charge in [0.05, 0.1) is 43.1 Å². The molecule has 3 amide bonds. The molecule has 3 atom stereocenters. The molecule has 1 fully saturated rings. The predicted octanol–water partition coefficient (Wildman–Crippen LogP) is 2.10. The zero-order valence-electron chi connectivity index (χ0n) is 16.7. The Morgan fingerprint density at radius 1 is 1.19 bits per heavy atom. The number of hydrogen-bond acceptors (Lipinski definition) is 5. The molecule has 1 aromatic heterocycles. The number of pyridine rings is 1. The molecule has 1 aromatic carbocycles. The lowest BCUT2D eigenvalue weighted by Gasteiger charge is -2.35. The molecule has 0 radical (unpaired) electrons. The molecule has 2 aromatic rings. The van der Waals surface area contributed by atoms with Gasteiger partial charge in [-0.2, -0.15) is 0 Å². The number of aromatic nitrogens is 1. The van der Waals surface area contributed by atoms with E-state index in [9.17, 15) is 23.5 Å². The Morgan fingerprint density at radius 2 is 2.03 bits per heavy atom. The van der Waals surface area contributed by atoms with Crippen LogP contribution in [0.15, 0.2) is 42.6 Å². The van der Waals surface area contributed by atoms with E-state index in [2.05, 4.69) is 20.9 Å². The molecule has 10 heteroatoms.